The van der Waals surface area contributed by atoms with E-state index in [4.69, 9.17) is 5.73 Å². The molecule has 0 rings (SSSR count). The molecule has 0 saturated carbocycles. The number of nitrogens with zero attached hydrogens (tertiary/aromatic N) is 1. The fraction of sp³-hybridized carbons (Fsp3) is 0.889. The predicted molar refractivity (Wildman–Crippen MR) is 50.8 cm³/mol. The van der Waals surface area contributed by atoms with Gasteiger partial charge in [-0.05, 0) is 27.7 Å². The first kappa shape index (κ1) is 11.4. The average Bonchev–Trinajstić information content (AvgIpc) is 1.82. The quantitative estimate of drug-likeness (QED) is 0.689. The molecule has 3 heteroatoms. The van der Waals surface area contributed by atoms with E-state index < -0.39 is 5.54 Å². The first-order chi connectivity index (χ1) is 5.24. The molecule has 0 saturated heterocycles. The van der Waals surface area contributed by atoms with E-state index in [0.29, 0.717) is 6.42 Å². The second-order valence-corrected chi connectivity index (χ2v) is 4.26. The maximum atomic E-state index is 11.4. The standard InChI is InChI=1S/C9H20N2O/c1-7(2)11(5)8(12)6-9(3,4)10/h7H,6,10H2,1-5H3. The summed E-state index contributed by atoms with van der Waals surface area (Å²) in [5.41, 5.74) is 5.32. The molecular formula is C9H20N2O. The highest BCUT2D eigenvalue weighted by Gasteiger charge is 2.20. The van der Waals surface area contributed by atoms with Gasteiger partial charge in [0.05, 0.1) is 0 Å². The first-order valence-corrected chi connectivity index (χ1v) is 4.28. The van der Waals surface area contributed by atoms with Crippen LogP contribution in [0.15, 0.2) is 0 Å². The lowest BCUT2D eigenvalue weighted by atomic mass is 10.0. The van der Waals surface area contributed by atoms with Crippen molar-refractivity contribution in [3.8, 4) is 0 Å². The van der Waals surface area contributed by atoms with Crippen molar-refractivity contribution in [1.29, 1.82) is 0 Å². The van der Waals surface area contributed by atoms with Crippen LogP contribution in [0.1, 0.15) is 34.1 Å². The second-order valence-electron chi connectivity index (χ2n) is 4.26. The molecule has 0 fully saturated rings. The van der Waals surface area contributed by atoms with Crippen molar-refractivity contribution < 1.29 is 4.79 Å². The summed E-state index contributed by atoms with van der Waals surface area (Å²) in [4.78, 5) is 13.2. The van der Waals surface area contributed by atoms with E-state index in [2.05, 4.69) is 0 Å². The molecule has 2 N–H and O–H groups in total. The Hall–Kier alpha value is -0.570. The van der Waals surface area contributed by atoms with Crippen LogP contribution in [0.3, 0.4) is 0 Å². The van der Waals surface area contributed by atoms with Gasteiger partial charge in [-0.1, -0.05) is 0 Å². The molecule has 1 amide bonds. The third-order valence-corrected chi connectivity index (χ3v) is 1.77. The summed E-state index contributed by atoms with van der Waals surface area (Å²) in [5.74, 6) is 0.109. The number of amides is 1. The second kappa shape index (κ2) is 3.90. The molecule has 0 atom stereocenters. The van der Waals surface area contributed by atoms with Crippen molar-refractivity contribution in [2.24, 2.45) is 5.73 Å². The Morgan fingerprint density at radius 2 is 1.92 bits per heavy atom. The topological polar surface area (TPSA) is 46.3 Å². The number of carbonyl (C=O) groups is 1. The fourth-order valence-electron chi connectivity index (χ4n) is 0.802. The van der Waals surface area contributed by atoms with Gasteiger partial charge in [-0.3, -0.25) is 4.79 Å². The van der Waals surface area contributed by atoms with E-state index in [-0.39, 0.29) is 11.9 Å². The molecule has 0 aromatic heterocycles. The van der Waals surface area contributed by atoms with Crippen molar-refractivity contribution in [2.75, 3.05) is 7.05 Å². The Morgan fingerprint density at radius 3 is 2.17 bits per heavy atom. The van der Waals surface area contributed by atoms with Gasteiger partial charge in [0, 0.05) is 25.0 Å². The predicted octanol–water partition coefficient (Wildman–Crippen LogP) is 0.981. The summed E-state index contributed by atoms with van der Waals surface area (Å²) in [6.45, 7) is 7.70. The molecule has 0 aliphatic carbocycles. The number of nitrogens with two attached hydrogens (primary N) is 1. The molecule has 72 valence electrons. The molecule has 0 aromatic carbocycles. The van der Waals surface area contributed by atoms with Crippen LogP contribution in [0, 0.1) is 0 Å². The van der Waals surface area contributed by atoms with Crippen molar-refractivity contribution in [1.82, 2.24) is 4.90 Å². The summed E-state index contributed by atoms with van der Waals surface area (Å²) in [7, 11) is 1.80. The monoisotopic (exact) mass is 172 g/mol. The number of rotatable bonds is 3. The normalized spacial score (nSPS) is 11.9. The highest BCUT2D eigenvalue weighted by atomic mass is 16.2. The van der Waals surface area contributed by atoms with Crippen LogP contribution in [0.2, 0.25) is 0 Å². The molecule has 0 unspecified atom stereocenters. The molecule has 12 heavy (non-hydrogen) atoms. The van der Waals surface area contributed by atoms with E-state index in [1.807, 2.05) is 27.7 Å². The van der Waals surface area contributed by atoms with Gasteiger partial charge in [0.15, 0.2) is 0 Å². The van der Waals surface area contributed by atoms with E-state index in [0.717, 1.165) is 0 Å². The Bertz CT molecular complexity index is 158. The van der Waals surface area contributed by atoms with E-state index >= 15 is 0 Å². The summed E-state index contributed by atoms with van der Waals surface area (Å²) in [5, 5.41) is 0. The van der Waals surface area contributed by atoms with Crippen LogP contribution in [-0.2, 0) is 4.79 Å². The van der Waals surface area contributed by atoms with Crippen molar-refractivity contribution >= 4 is 5.91 Å². The molecule has 0 aliphatic heterocycles. The Labute approximate surface area is 74.9 Å². The van der Waals surface area contributed by atoms with E-state index in [9.17, 15) is 4.79 Å². The van der Waals surface area contributed by atoms with Gasteiger partial charge < -0.3 is 10.6 Å². The lowest BCUT2D eigenvalue weighted by Crippen LogP contribution is -2.42. The summed E-state index contributed by atoms with van der Waals surface area (Å²) >= 11 is 0. The van der Waals surface area contributed by atoms with E-state index in [1.165, 1.54) is 0 Å². The molecule has 0 bridgehead atoms. The SMILES string of the molecule is CC(C)N(C)C(=O)CC(C)(C)N. The Kier molecular flexibility index (Phi) is 3.71. The van der Waals surface area contributed by atoms with Gasteiger partial charge in [-0.2, -0.15) is 0 Å². The minimum Gasteiger partial charge on any atom is -0.343 e. The molecule has 3 nitrogen and oxygen atoms in total. The number of carbonyl (C=O) groups excluding carboxylic acids is 1. The molecule has 0 spiro atoms. The van der Waals surface area contributed by atoms with Crippen LogP contribution >= 0.6 is 0 Å². The molecular weight excluding hydrogens is 152 g/mol. The van der Waals surface area contributed by atoms with Crippen LogP contribution in [0.5, 0.6) is 0 Å². The van der Waals surface area contributed by atoms with Crippen LogP contribution in [0.4, 0.5) is 0 Å². The van der Waals surface area contributed by atoms with Crippen molar-refractivity contribution in [2.45, 2.75) is 45.7 Å². The fourth-order valence-corrected chi connectivity index (χ4v) is 0.802. The van der Waals surface area contributed by atoms with Crippen molar-refractivity contribution in [3.05, 3.63) is 0 Å². The first-order valence-electron chi connectivity index (χ1n) is 4.28. The van der Waals surface area contributed by atoms with Crippen LogP contribution in [0.25, 0.3) is 0 Å². The lowest BCUT2D eigenvalue weighted by molar-refractivity contribution is -0.132. The number of hydrogen-bond acceptors (Lipinski definition) is 2. The minimum absolute atomic E-state index is 0.109. The Morgan fingerprint density at radius 1 is 1.50 bits per heavy atom. The Balaban J connectivity index is 4.05. The zero-order valence-electron chi connectivity index (χ0n) is 8.72. The van der Waals surface area contributed by atoms with Gasteiger partial charge in [-0.15, -0.1) is 0 Å². The summed E-state index contributed by atoms with van der Waals surface area (Å²) in [6.07, 6.45) is 0.404. The number of hydrogen-bond donors (Lipinski definition) is 1. The lowest BCUT2D eigenvalue weighted by Gasteiger charge is -2.25. The third kappa shape index (κ3) is 4.34. The smallest absolute Gasteiger partial charge is 0.224 e. The zero-order chi connectivity index (χ0) is 9.94. The largest absolute Gasteiger partial charge is 0.343 e. The average molecular weight is 172 g/mol. The minimum atomic E-state index is -0.403. The zero-order valence-corrected chi connectivity index (χ0v) is 8.72. The van der Waals surface area contributed by atoms with Crippen LogP contribution in [-0.4, -0.2) is 29.4 Å². The highest BCUT2D eigenvalue weighted by Crippen LogP contribution is 2.07. The molecule has 0 aliphatic rings. The summed E-state index contributed by atoms with van der Waals surface area (Å²) in [6, 6.07) is 0.250. The maximum absolute atomic E-state index is 11.4. The highest BCUT2D eigenvalue weighted by molar-refractivity contribution is 5.77. The third-order valence-electron chi connectivity index (χ3n) is 1.77. The maximum Gasteiger partial charge on any atom is 0.224 e. The van der Waals surface area contributed by atoms with Gasteiger partial charge in [0.1, 0.15) is 0 Å². The molecule has 0 aromatic rings. The van der Waals surface area contributed by atoms with E-state index in [1.54, 1.807) is 11.9 Å². The molecule has 0 radical (unpaired) electrons. The van der Waals surface area contributed by atoms with Crippen LogP contribution < -0.4 is 5.73 Å². The van der Waals surface area contributed by atoms with Gasteiger partial charge in [0.2, 0.25) is 5.91 Å². The van der Waals surface area contributed by atoms with Gasteiger partial charge in [-0.25, -0.2) is 0 Å². The van der Waals surface area contributed by atoms with Gasteiger partial charge in [0.25, 0.3) is 0 Å². The van der Waals surface area contributed by atoms with Gasteiger partial charge >= 0.3 is 0 Å². The summed E-state index contributed by atoms with van der Waals surface area (Å²) < 4.78 is 0. The molecule has 0 heterocycles. The van der Waals surface area contributed by atoms with Crippen molar-refractivity contribution in [3.63, 3.8) is 0 Å².